The first-order valence-corrected chi connectivity index (χ1v) is 7.69. The number of ether oxygens (including phenoxy) is 1. The summed E-state index contributed by atoms with van der Waals surface area (Å²) in [5.41, 5.74) is 1.49. The first-order valence-electron chi connectivity index (χ1n) is 7.69. The van der Waals surface area contributed by atoms with Crippen LogP contribution in [0.25, 0.3) is 10.8 Å². The largest absolute Gasteiger partial charge is 0.493 e. The molecule has 0 saturated carbocycles. The predicted molar refractivity (Wildman–Crippen MR) is 88.5 cm³/mol. The predicted octanol–water partition coefficient (Wildman–Crippen LogP) is 3.49. The monoisotopic (exact) mass is 304 g/mol. The Morgan fingerprint density at radius 2 is 1.91 bits per heavy atom. The minimum absolute atomic E-state index is 0.0479. The van der Waals surface area contributed by atoms with Crippen LogP contribution >= 0.6 is 0 Å². The van der Waals surface area contributed by atoms with Gasteiger partial charge in [-0.25, -0.2) is 0 Å². The van der Waals surface area contributed by atoms with Crippen LogP contribution in [0.4, 0.5) is 0 Å². The number of para-hydroxylation sites is 1. The lowest BCUT2D eigenvalue weighted by atomic mass is 10.00. The zero-order valence-electron chi connectivity index (χ0n) is 12.5. The molecular formula is C19H16N2O2. The lowest BCUT2D eigenvalue weighted by molar-refractivity contribution is 0.0921. The van der Waals surface area contributed by atoms with Crippen molar-refractivity contribution in [2.24, 2.45) is 0 Å². The third-order valence-corrected chi connectivity index (χ3v) is 4.15. The van der Waals surface area contributed by atoms with Crippen molar-refractivity contribution in [2.75, 3.05) is 6.61 Å². The number of fused-ring (bicyclic) bond motifs is 2. The topological polar surface area (TPSA) is 51.2 Å². The summed E-state index contributed by atoms with van der Waals surface area (Å²) in [6, 6.07) is 17.5. The van der Waals surface area contributed by atoms with Crippen molar-refractivity contribution in [1.82, 2.24) is 10.3 Å². The molecule has 1 aliphatic heterocycles. The molecule has 1 amide bonds. The summed E-state index contributed by atoms with van der Waals surface area (Å²) < 4.78 is 5.64. The van der Waals surface area contributed by atoms with E-state index in [0.29, 0.717) is 12.3 Å². The van der Waals surface area contributed by atoms with Gasteiger partial charge in [0.05, 0.1) is 12.6 Å². The molecule has 1 atom stereocenters. The molecule has 1 N–H and O–H groups in total. The van der Waals surface area contributed by atoms with E-state index in [0.717, 1.165) is 28.5 Å². The fourth-order valence-electron chi connectivity index (χ4n) is 3.02. The molecule has 4 nitrogen and oxygen atoms in total. The van der Waals surface area contributed by atoms with Crippen LogP contribution in [0.3, 0.4) is 0 Å². The Labute approximate surface area is 134 Å². The maximum absolute atomic E-state index is 12.7. The van der Waals surface area contributed by atoms with Gasteiger partial charge in [-0.15, -0.1) is 0 Å². The van der Waals surface area contributed by atoms with Crippen molar-refractivity contribution in [3.8, 4) is 5.75 Å². The molecule has 114 valence electrons. The number of aromatic nitrogens is 1. The minimum Gasteiger partial charge on any atom is -0.493 e. The highest BCUT2D eigenvalue weighted by molar-refractivity contribution is 6.05. The van der Waals surface area contributed by atoms with E-state index >= 15 is 0 Å². The molecule has 1 aromatic heterocycles. The lowest BCUT2D eigenvalue weighted by Crippen LogP contribution is -2.32. The van der Waals surface area contributed by atoms with Crippen molar-refractivity contribution in [3.63, 3.8) is 0 Å². The molecule has 0 spiro atoms. The molecule has 0 aliphatic carbocycles. The highest BCUT2D eigenvalue weighted by Gasteiger charge is 2.24. The van der Waals surface area contributed by atoms with Gasteiger partial charge >= 0.3 is 0 Å². The number of nitrogens with one attached hydrogen (secondary N) is 1. The summed E-state index contributed by atoms with van der Waals surface area (Å²) >= 11 is 0. The fourth-order valence-corrected chi connectivity index (χ4v) is 3.02. The molecule has 2 heterocycles. The van der Waals surface area contributed by atoms with E-state index in [1.165, 1.54) is 0 Å². The summed E-state index contributed by atoms with van der Waals surface area (Å²) in [7, 11) is 0. The molecule has 0 bridgehead atoms. The van der Waals surface area contributed by atoms with Crippen LogP contribution in [0.15, 0.2) is 60.8 Å². The van der Waals surface area contributed by atoms with Gasteiger partial charge in [0.2, 0.25) is 0 Å². The molecule has 2 aromatic carbocycles. The van der Waals surface area contributed by atoms with Crippen LogP contribution < -0.4 is 10.1 Å². The first-order chi connectivity index (χ1) is 11.3. The summed E-state index contributed by atoms with van der Waals surface area (Å²) in [5.74, 6) is 0.693. The number of hydrogen-bond acceptors (Lipinski definition) is 3. The number of benzene rings is 2. The molecular weight excluding hydrogens is 288 g/mol. The van der Waals surface area contributed by atoms with Crippen molar-refractivity contribution in [2.45, 2.75) is 12.5 Å². The third-order valence-electron chi connectivity index (χ3n) is 4.15. The quantitative estimate of drug-likeness (QED) is 0.788. The fraction of sp³-hybridized carbons (Fsp3) is 0.158. The zero-order valence-corrected chi connectivity index (χ0v) is 12.5. The second kappa shape index (κ2) is 5.72. The Morgan fingerprint density at radius 3 is 2.87 bits per heavy atom. The Kier molecular flexibility index (Phi) is 3.42. The standard InChI is InChI=1S/C19H16N2O2/c22-19(18-14-6-2-1-5-13(14)9-11-20-18)21-16-10-12-23-17-8-4-3-7-15(16)17/h1-9,11,16H,10,12H2,(H,21,22)/t16-/m0/s1. The number of amides is 1. The number of nitrogens with zero attached hydrogens (tertiary/aromatic N) is 1. The van der Waals surface area contributed by atoms with E-state index in [4.69, 9.17) is 4.74 Å². The Hall–Kier alpha value is -2.88. The SMILES string of the molecule is O=C(N[C@H]1CCOc2ccccc21)c1nccc2ccccc12. The van der Waals surface area contributed by atoms with Gasteiger partial charge in [0.15, 0.2) is 0 Å². The number of carbonyl (C=O) groups excluding carboxylic acids is 1. The van der Waals surface area contributed by atoms with Crippen molar-refractivity contribution in [1.29, 1.82) is 0 Å². The molecule has 3 aromatic rings. The Morgan fingerprint density at radius 1 is 1.09 bits per heavy atom. The van der Waals surface area contributed by atoms with Crippen LogP contribution in [0.5, 0.6) is 5.75 Å². The average Bonchev–Trinajstić information content (AvgIpc) is 2.61. The number of hydrogen-bond donors (Lipinski definition) is 1. The third kappa shape index (κ3) is 2.52. The summed E-state index contributed by atoms with van der Waals surface area (Å²) in [5, 5.41) is 4.98. The second-order valence-corrected chi connectivity index (χ2v) is 5.58. The van der Waals surface area contributed by atoms with E-state index in [-0.39, 0.29) is 11.9 Å². The van der Waals surface area contributed by atoms with Crippen LogP contribution in [0.2, 0.25) is 0 Å². The van der Waals surface area contributed by atoms with Crippen molar-refractivity contribution in [3.05, 3.63) is 72.1 Å². The smallest absolute Gasteiger partial charge is 0.271 e. The summed E-state index contributed by atoms with van der Waals surface area (Å²) in [6.07, 6.45) is 2.43. The van der Waals surface area contributed by atoms with Gasteiger partial charge in [0.25, 0.3) is 5.91 Å². The number of pyridine rings is 1. The summed E-state index contributed by atoms with van der Waals surface area (Å²) in [4.78, 5) is 17.0. The maximum atomic E-state index is 12.7. The van der Waals surface area contributed by atoms with Crippen LogP contribution in [0.1, 0.15) is 28.5 Å². The molecule has 0 unspecified atom stereocenters. The molecule has 0 saturated heterocycles. The van der Waals surface area contributed by atoms with Crippen LogP contribution in [0, 0.1) is 0 Å². The lowest BCUT2D eigenvalue weighted by Gasteiger charge is -2.26. The minimum atomic E-state index is -0.150. The van der Waals surface area contributed by atoms with Crippen LogP contribution in [-0.2, 0) is 0 Å². The van der Waals surface area contributed by atoms with Crippen LogP contribution in [-0.4, -0.2) is 17.5 Å². The van der Waals surface area contributed by atoms with Gasteiger partial charge in [-0.05, 0) is 17.5 Å². The Balaban J connectivity index is 1.66. The first kappa shape index (κ1) is 13.8. The van der Waals surface area contributed by atoms with E-state index in [9.17, 15) is 4.79 Å². The highest BCUT2D eigenvalue weighted by atomic mass is 16.5. The molecule has 0 fully saturated rings. The molecule has 1 aliphatic rings. The van der Waals surface area contributed by atoms with E-state index in [2.05, 4.69) is 10.3 Å². The van der Waals surface area contributed by atoms with Crippen molar-refractivity contribution < 1.29 is 9.53 Å². The number of carbonyl (C=O) groups is 1. The maximum Gasteiger partial charge on any atom is 0.271 e. The second-order valence-electron chi connectivity index (χ2n) is 5.58. The van der Waals surface area contributed by atoms with E-state index < -0.39 is 0 Å². The number of rotatable bonds is 2. The van der Waals surface area contributed by atoms with Gasteiger partial charge in [0.1, 0.15) is 11.4 Å². The molecule has 4 heteroatoms. The normalized spacial score (nSPS) is 16.4. The highest BCUT2D eigenvalue weighted by Crippen LogP contribution is 2.31. The summed E-state index contributed by atoms with van der Waals surface area (Å²) in [6.45, 7) is 0.602. The van der Waals surface area contributed by atoms with Gasteiger partial charge in [-0.2, -0.15) is 0 Å². The Bertz CT molecular complexity index is 871. The molecule has 0 radical (unpaired) electrons. The molecule has 4 rings (SSSR count). The average molecular weight is 304 g/mol. The zero-order chi connectivity index (χ0) is 15.6. The van der Waals surface area contributed by atoms with Gasteiger partial charge in [0, 0.05) is 23.6 Å². The van der Waals surface area contributed by atoms with Gasteiger partial charge in [-0.1, -0.05) is 42.5 Å². The molecule has 23 heavy (non-hydrogen) atoms. The van der Waals surface area contributed by atoms with Gasteiger partial charge in [-0.3, -0.25) is 9.78 Å². The van der Waals surface area contributed by atoms with E-state index in [1.807, 2.05) is 54.6 Å². The van der Waals surface area contributed by atoms with E-state index in [1.54, 1.807) is 6.20 Å². The van der Waals surface area contributed by atoms with Gasteiger partial charge < -0.3 is 10.1 Å². The van der Waals surface area contributed by atoms with Crippen molar-refractivity contribution >= 4 is 16.7 Å².